The molecule has 23 heavy (non-hydrogen) atoms. The second-order valence-corrected chi connectivity index (χ2v) is 4.98. The van der Waals surface area contributed by atoms with Gasteiger partial charge < -0.3 is 24.8 Å². The molecule has 2 amide bonds. The molecule has 0 bridgehead atoms. The third kappa shape index (κ3) is 7.14. The number of alkyl halides is 3. The van der Waals surface area contributed by atoms with Gasteiger partial charge in [0.05, 0.1) is 32.5 Å². The number of carbonyl (C=O) groups excluding carboxylic acids is 2. The Kier molecular flexibility index (Phi) is 8.28. The molecule has 0 spiro atoms. The van der Waals surface area contributed by atoms with Crippen molar-refractivity contribution >= 4 is 11.8 Å². The maximum atomic E-state index is 11.9. The first-order valence-corrected chi connectivity index (χ1v) is 7.27. The molecule has 10 heteroatoms. The molecule has 134 valence electrons. The molecule has 1 saturated heterocycles. The largest absolute Gasteiger partial charge is 0.471 e. The fraction of sp³-hybridized carbons (Fsp3) is 0.846. The summed E-state index contributed by atoms with van der Waals surface area (Å²) in [7, 11) is 0. The van der Waals surface area contributed by atoms with Gasteiger partial charge in [-0.05, 0) is 12.8 Å². The number of likely N-dealkylation sites (tertiary alicyclic amines) is 1. The van der Waals surface area contributed by atoms with Crippen molar-refractivity contribution in [3.05, 3.63) is 0 Å². The molecule has 0 aliphatic carbocycles. The van der Waals surface area contributed by atoms with Gasteiger partial charge in [-0.1, -0.05) is 0 Å². The van der Waals surface area contributed by atoms with Crippen LogP contribution in [-0.4, -0.2) is 80.2 Å². The lowest BCUT2D eigenvalue weighted by atomic mass is 10.2. The molecule has 0 aromatic rings. The van der Waals surface area contributed by atoms with E-state index in [4.69, 9.17) is 14.6 Å². The van der Waals surface area contributed by atoms with Crippen molar-refractivity contribution < 1.29 is 37.3 Å². The number of nitrogens with one attached hydrogen (secondary N) is 1. The lowest BCUT2D eigenvalue weighted by Crippen LogP contribution is -2.40. The highest BCUT2D eigenvalue weighted by Crippen LogP contribution is 2.16. The molecule has 0 radical (unpaired) electrons. The Bertz CT molecular complexity index is 392. The highest BCUT2D eigenvalue weighted by molar-refractivity contribution is 5.81. The number of nitrogens with zero attached hydrogens (tertiary/aromatic N) is 1. The summed E-state index contributed by atoms with van der Waals surface area (Å²) in [5, 5.41) is 10.8. The molecule has 7 nitrogen and oxygen atoms in total. The van der Waals surface area contributed by atoms with Crippen molar-refractivity contribution in [2.24, 2.45) is 0 Å². The third-order valence-corrected chi connectivity index (χ3v) is 3.30. The van der Waals surface area contributed by atoms with Crippen molar-refractivity contribution in [1.29, 1.82) is 0 Å². The van der Waals surface area contributed by atoms with Gasteiger partial charge in [0.25, 0.3) is 0 Å². The van der Waals surface area contributed by atoms with Crippen LogP contribution in [0.15, 0.2) is 0 Å². The summed E-state index contributed by atoms with van der Waals surface area (Å²) in [5.74, 6) is -2.22. The second kappa shape index (κ2) is 9.68. The predicted molar refractivity (Wildman–Crippen MR) is 72.5 cm³/mol. The number of ether oxygens (including phenoxy) is 2. The van der Waals surface area contributed by atoms with Gasteiger partial charge in [0.2, 0.25) is 5.91 Å². The second-order valence-electron chi connectivity index (χ2n) is 4.98. The van der Waals surface area contributed by atoms with Gasteiger partial charge in [-0.3, -0.25) is 9.59 Å². The number of hydrogen-bond acceptors (Lipinski definition) is 5. The quantitative estimate of drug-likeness (QED) is 0.561. The van der Waals surface area contributed by atoms with E-state index in [1.165, 1.54) is 0 Å². The topological polar surface area (TPSA) is 88.1 Å². The molecular weight excluding hydrogens is 321 g/mol. The molecule has 0 saturated carbocycles. The van der Waals surface area contributed by atoms with E-state index in [2.05, 4.69) is 0 Å². The maximum Gasteiger partial charge on any atom is 0.471 e. The molecule has 2 N–H and O–H groups in total. The third-order valence-electron chi connectivity index (χ3n) is 3.30. The van der Waals surface area contributed by atoms with Crippen LogP contribution in [0.25, 0.3) is 0 Å². The van der Waals surface area contributed by atoms with Gasteiger partial charge in [0.15, 0.2) is 0 Å². The molecular formula is C13H21F3N2O5. The zero-order chi connectivity index (χ0) is 17.3. The van der Waals surface area contributed by atoms with Crippen LogP contribution >= 0.6 is 0 Å². The van der Waals surface area contributed by atoms with Crippen LogP contribution in [0.5, 0.6) is 0 Å². The summed E-state index contributed by atoms with van der Waals surface area (Å²) in [6.07, 6.45) is -3.27. The van der Waals surface area contributed by atoms with Gasteiger partial charge >= 0.3 is 12.1 Å². The standard InChI is InChI=1S/C13H21F3N2O5/c14-13(15,16)12(21)17-3-5-22-6-7-23-9-11(20)18-4-1-2-10(18)8-19/h10,19H,1-9H2,(H,17,21)/t10-/m0/s1. The highest BCUT2D eigenvalue weighted by Gasteiger charge is 2.38. The van der Waals surface area contributed by atoms with E-state index in [0.717, 1.165) is 12.8 Å². The summed E-state index contributed by atoms with van der Waals surface area (Å²) in [4.78, 5) is 23.9. The lowest BCUT2D eigenvalue weighted by molar-refractivity contribution is -0.173. The minimum atomic E-state index is -4.90. The Balaban J connectivity index is 1.99. The fourth-order valence-electron chi connectivity index (χ4n) is 2.15. The first kappa shape index (κ1) is 19.7. The number of rotatable bonds is 9. The zero-order valence-electron chi connectivity index (χ0n) is 12.6. The molecule has 0 aromatic carbocycles. The zero-order valence-corrected chi connectivity index (χ0v) is 12.6. The van der Waals surface area contributed by atoms with Crippen LogP contribution < -0.4 is 5.32 Å². The Labute approximate surface area is 131 Å². The molecule has 0 unspecified atom stereocenters. The fourth-order valence-corrected chi connectivity index (χ4v) is 2.15. The summed E-state index contributed by atoms with van der Waals surface area (Å²) in [6, 6.07) is -0.153. The van der Waals surface area contributed by atoms with E-state index in [1.54, 1.807) is 10.2 Å². The molecule has 0 aromatic heterocycles. The van der Waals surface area contributed by atoms with Crippen molar-refractivity contribution in [2.75, 3.05) is 46.1 Å². The average molecular weight is 342 g/mol. The van der Waals surface area contributed by atoms with Crippen molar-refractivity contribution in [1.82, 2.24) is 10.2 Å². The number of hydrogen-bond donors (Lipinski definition) is 2. The van der Waals surface area contributed by atoms with Crippen LogP contribution in [0.1, 0.15) is 12.8 Å². The minimum Gasteiger partial charge on any atom is -0.394 e. The average Bonchev–Trinajstić information content (AvgIpc) is 2.97. The van der Waals surface area contributed by atoms with E-state index in [0.29, 0.717) is 6.54 Å². The number of aliphatic hydroxyl groups excluding tert-OH is 1. The van der Waals surface area contributed by atoms with Crippen LogP contribution in [-0.2, 0) is 19.1 Å². The Hall–Kier alpha value is -1.39. The first-order chi connectivity index (χ1) is 10.9. The number of carbonyl (C=O) groups is 2. The van der Waals surface area contributed by atoms with Crippen molar-refractivity contribution in [3.8, 4) is 0 Å². The van der Waals surface area contributed by atoms with E-state index in [-0.39, 0.29) is 51.5 Å². The van der Waals surface area contributed by atoms with Gasteiger partial charge in [-0.25, -0.2) is 0 Å². The molecule has 1 aliphatic heterocycles. The van der Waals surface area contributed by atoms with Crippen molar-refractivity contribution in [2.45, 2.75) is 25.1 Å². The Morgan fingerprint density at radius 1 is 1.22 bits per heavy atom. The van der Waals surface area contributed by atoms with Crippen LogP contribution in [0.4, 0.5) is 13.2 Å². The highest BCUT2D eigenvalue weighted by atomic mass is 19.4. The van der Waals surface area contributed by atoms with Crippen LogP contribution in [0, 0.1) is 0 Å². The first-order valence-electron chi connectivity index (χ1n) is 7.27. The molecule has 1 aliphatic rings. The number of aliphatic hydroxyl groups is 1. The van der Waals surface area contributed by atoms with Crippen molar-refractivity contribution in [3.63, 3.8) is 0 Å². The Morgan fingerprint density at radius 2 is 1.91 bits per heavy atom. The van der Waals surface area contributed by atoms with E-state index >= 15 is 0 Å². The smallest absolute Gasteiger partial charge is 0.394 e. The lowest BCUT2D eigenvalue weighted by Gasteiger charge is -2.22. The van der Waals surface area contributed by atoms with E-state index in [1.807, 2.05) is 0 Å². The SMILES string of the molecule is O=C(COCCOCCNC(=O)C(F)(F)F)N1CCC[C@H]1CO. The van der Waals surface area contributed by atoms with Gasteiger partial charge in [-0.15, -0.1) is 0 Å². The molecule has 1 rings (SSSR count). The molecule has 1 heterocycles. The van der Waals surface area contributed by atoms with Gasteiger partial charge in [-0.2, -0.15) is 13.2 Å². The Morgan fingerprint density at radius 3 is 2.57 bits per heavy atom. The summed E-state index contributed by atoms with van der Waals surface area (Å²) < 4.78 is 45.7. The predicted octanol–water partition coefficient (Wildman–Crippen LogP) is -0.319. The molecule has 1 atom stereocenters. The monoisotopic (exact) mass is 342 g/mol. The van der Waals surface area contributed by atoms with Crippen LogP contribution in [0.3, 0.4) is 0 Å². The minimum absolute atomic E-state index is 0.0709. The van der Waals surface area contributed by atoms with E-state index in [9.17, 15) is 22.8 Å². The molecule has 1 fully saturated rings. The van der Waals surface area contributed by atoms with Gasteiger partial charge in [0.1, 0.15) is 6.61 Å². The van der Waals surface area contributed by atoms with Gasteiger partial charge in [0, 0.05) is 13.1 Å². The summed E-state index contributed by atoms with van der Waals surface area (Å²) in [6.45, 7) is 0.252. The normalized spacial score (nSPS) is 18.3. The van der Waals surface area contributed by atoms with Crippen LogP contribution in [0.2, 0.25) is 0 Å². The summed E-state index contributed by atoms with van der Waals surface area (Å²) in [5.41, 5.74) is 0. The number of halogens is 3. The summed E-state index contributed by atoms with van der Waals surface area (Å²) >= 11 is 0. The number of amides is 2. The van der Waals surface area contributed by atoms with E-state index < -0.39 is 12.1 Å². The maximum absolute atomic E-state index is 11.9.